The van der Waals surface area contributed by atoms with E-state index in [9.17, 15) is 5.26 Å². The lowest BCUT2D eigenvalue weighted by molar-refractivity contribution is 0.646. The lowest BCUT2D eigenvalue weighted by atomic mass is 9.96. The summed E-state index contributed by atoms with van der Waals surface area (Å²) in [6.45, 7) is 7.30. The fourth-order valence-corrected chi connectivity index (χ4v) is 4.27. The Morgan fingerprint density at radius 1 is 1.00 bits per heavy atom. The lowest BCUT2D eigenvalue weighted by Crippen LogP contribution is -2.10. The molecule has 0 saturated carbocycles. The normalized spacial score (nSPS) is 12.3. The number of nitriles is 1. The Morgan fingerprint density at radius 2 is 1.74 bits per heavy atom. The van der Waals surface area contributed by atoms with Crippen LogP contribution in [0.15, 0.2) is 66.7 Å². The van der Waals surface area contributed by atoms with Gasteiger partial charge in [0.25, 0.3) is 0 Å². The van der Waals surface area contributed by atoms with Crippen molar-refractivity contribution in [3.05, 3.63) is 99.8 Å². The number of aromatic nitrogens is 2. The minimum atomic E-state index is 0.105. The summed E-state index contributed by atoms with van der Waals surface area (Å²) >= 11 is 6.47. The van der Waals surface area contributed by atoms with E-state index >= 15 is 0 Å². The predicted octanol–water partition coefficient (Wildman–Crippen LogP) is 6.96. The van der Waals surface area contributed by atoms with Crippen LogP contribution in [0.4, 0.5) is 0 Å². The lowest BCUT2D eigenvalue weighted by Gasteiger charge is -2.17. The van der Waals surface area contributed by atoms with Gasteiger partial charge in [-0.15, -0.1) is 0 Å². The van der Waals surface area contributed by atoms with Gasteiger partial charge in [-0.25, -0.2) is 4.98 Å². The third-order valence-electron chi connectivity index (χ3n) is 5.70. The fourth-order valence-electron chi connectivity index (χ4n) is 4.07. The molecule has 1 atom stereocenters. The summed E-state index contributed by atoms with van der Waals surface area (Å²) in [5.74, 6) is 1.72. The van der Waals surface area contributed by atoms with Crippen LogP contribution < -0.4 is 0 Å². The maximum Gasteiger partial charge on any atom is 0.117 e. The van der Waals surface area contributed by atoms with Crippen LogP contribution in [0.25, 0.3) is 11.0 Å². The Balaban J connectivity index is 1.78. The topological polar surface area (TPSA) is 41.6 Å². The van der Waals surface area contributed by atoms with Crippen LogP contribution in [0.2, 0.25) is 5.02 Å². The highest BCUT2D eigenvalue weighted by Gasteiger charge is 2.19. The summed E-state index contributed by atoms with van der Waals surface area (Å²) in [7, 11) is 0. The zero-order valence-electron chi connectivity index (χ0n) is 18.1. The highest BCUT2D eigenvalue weighted by Crippen LogP contribution is 2.30. The molecule has 4 aromatic rings. The second kappa shape index (κ2) is 8.96. The van der Waals surface area contributed by atoms with Gasteiger partial charge in [0.1, 0.15) is 5.82 Å². The molecule has 31 heavy (non-hydrogen) atoms. The van der Waals surface area contributed by atoms with E-state index < -0.39 is 0 Å². The van der Waals surface area contributed by atoms with Crippen molar-refractivity contribution in [2.45, 2.75) is 39.7 Å². The zero-order valence-corrected chi connectivity index (χ0v) is 18.9. The number of nitrogens with zero attached hydrogens (tertiary/aromatic N) is 3. The molecule has 1 unspecified atom stereocenters. The fraction of sp³-hybridized carbons (Fsp3) is 0.259. The molecular weight excluding hydrogens is 402 g/mol. The van der Waals surface area contributed by atoms with E-state index in [1.54, 1.807) is 0 Å². The van der Waals surface area contributed by atoms with Crippen LogP contribution >= 0.6 is 11.6 Å². The van der Waals surface area contributed by atoms with Crippen LogP contribution in [-0.4, -0.2) is 9.55 Å². The smallest absolute Gasteiger partial charge is 0.117 e. The summed E-state index contributed by atoms with van der Waals surface area (Å²) < 4.78 is 2.23. The Labute approximate surface area is 188 Å². The van der Waals surface area contributed by atoms with Crippen LogP contribution in [0.3, 0.4) is 0 Å². The summed E-state index contributed by atoms with van der Waals surface area (Å²) in [5, 5.41) is 10.1. The molecule has 3 nitrogen and oxygen atoms in total. The van der Waals surface area contributed by atoms with E-state index in [-0.39, 0.29) is 5.92 Å². The van der Waals surface area contributed by atoms with Crippen molar-refractivity contribution >= 4 is 22.6 Å². The third kappa shape index (κ3) is 4.50. The average Bonchev–Trinajstić information content (AvgIpc) is 3.12. The maximum absolute atomic E-state index is 9.32. The maximum atomic E-state index is 9.32. The summed E-state index contributed by atoms with van der Waals surface area (Å²) in [5.41, 5.74) is 6.10. The van der Waals surface area contributed by atoms with Crippen molar-refractivity contribution in [2.24, 2.45) is 5.92 Å². The van der Waals surface area contributed by atoms with Crippen LogP contribution in [-0.2, 0) is 13.0 Å². The van der Waals surface area contributed by atoms with Gasteiger partial charge < -0.3 is 4.57 Å². The molecule has 1 heterocycles. The second-order valence-electron chi connectivity index (χ2n) is 8.52. The molecule has 0 bridgehead atoms. The number of hydrogen-bond donors (Lipinski definition) is 0. The van der Waals surface area contributed by atoms with Crippen LogP contribution in [0.1, 0.15) is 54.8 Å². The summed E-state index contributed by atoms with van der Waals surface area (Å²) in [6, 6.07) is 24.7. The van der Waals surface area contributed by atoms with E-state index in [1.165, 1.54) is 11.1 Å². The monoisotopic (exact) mass is 427 g/mol. The highest BCUT2D eigenvalue weighted by atomic mass is 35.5. The van der Waals surface area contributed by atoms with E-state index in [0.717, 1.165) is 33.9 Å². The van der Waals surface area contributed by atoms with Crippen molar-refractivity contribution in [3.63, 3.8) is 0 Å². The molecule has 4 heteroatoms. The Bertz CT molecular complexity index is 1250. The van der Waals surface area contributed by atoms with E-state index in [0.29, 0.717) is 18.0 Å². The highest BCUT2D eigenvalue weighted by molar-refractivity contribution is 6.31. The Hall–Kier alpha value is -3.09. The van der Waals surface area contributed by atoms with Gasteiger partial charge >= 0.3 is 0 Å². The van der Waals surface area contributed by atoms with E-state index in [2.05, 4.69) is 55.7 Å². The van der Waals surface area contributed by atoms with Crippen molar-refractivity contribution in [3.8, 4) is 6.07 Å². The zero-order chi connectivity index (χ0) is 22.0. The molecule has 0 spiro atoms. The molecule has 0 fully saturated rings. The SMILES string of the molecule is CC(C)Cc1ccc(C(C)c2nc3cc(C#N)ccc3n2Cc2ccccc2Cl)cc1. The quantitative estimate of drug-likeness (QED) is 0.333. The van der Waals surface area contributed by atoms with Crippen molar-refractivity contribution in [1.82, 2.24) is 9.55 Å². The number of fused-ring (bicyclic) bond motifs is 1. The molecule has 4 rings (SSSR count). The Morgan fingerprint density at radius 3 is 2.42 bits per heavy atom. The predicted molar refractivity (Wildman–Crippen MR) is 128 cm³/mol. The van der Waals surface area contributed by atoms with Gasteiger partial charge in [-0.1, -0.05) is 74.8 Å². The van der Waals surface area contributed by atoms with Gasteiger partial charge in [-0.05, 0) is 53.3 Å². The van der Waals surface area contributed by atoms with Gasteiger partial charge in [-0.3, -0.25) is 0 Å². The van der Waals surface area contributed by atoms with Gasteiger partial charge in [-0.2, -0.15) is 5.26 Å². The summed E-state index contributed by atoms with van der Waals surface area (Å²) in [4.78, 5) is 4.96. The van der Waals surface area contributed by atoms with E-state index in [1.807, 2.05) is 42.5 Å². The molecule has 0 aliphatic carbocycles. The van der Waals surface area contributed by atoms with Gasteiger partial charge in [0.2, 0.25) is 0 Å². The molecule has 0 radical (unpaired) electrons. The molecule has 0 N–H and O–H groups in total. The number of halogens is 1. The molecule has 3 aromatic carbocycles. The second-order valence-corrected chi connectivity index (χ2v) is 8.93. The average molecular weight is 428 g/mol. The van der Waals surface area contributed by atoms with Gasteiger partial charge in [0.15, 0.2) is 0 Å². The van der Waals surface area contributed by atoms with Gasteiger partial charge in [0.05, 0.1) is 29.2 Å². The molecule has 0 saturated heterocycles. The molecule has 0 amide bonds. The van der Waals surface area contributed by atoms with Crippen molar-refractivity contribution < 1.29 is 0 Å². The number of imidazole rings is 1. The minimum absolute atomic E-state index is 0.105. The van der Waals surface area contributed by atoms with Crippen molar-refractivity contribution in [1.29, 1.82) is 5.26 Å². The molecule has 0 aliphatic rings. The molecule has 156 valence electrons. The minimum Gasteiger partial charge on any atom is -0.323 e. The van der Waals surface area contributed by atoms with E-state index in [4.69, 9.17) is 16.6 Å². The first-order chi connectivity index (χ1) is 15.0. The van der Waals surface area contributed by atoms with Crippen molar-refractivity contribution in [2.75, 3.05) is 0 Å². The molecule has 1 aromatic heterocycles. The molecular formula is C27H26ClN3. The largest absolute Gasteiger partial charge is 0.323 e. The summed E-state index contributed by atoms with van der Waals surface area (Å²) in [6.07, 6.45) is 1.08. The van der Waals surface area contributed by atoms with Crippen LogP contribution in [0.5, 0.6) is 0 Å². The standard InChI is InChI=1S/C27H26ClN3/c1-18(2)14-20-8-11-22(12-9-20)19(3)27-30-25-15-21(16-29)10-13-26(25)31(27)17-23-6-4-5-7-24(23)28/h4-13,15,18-19H,14,17H2,1-3H3. The van der Waals surface area contributed by atoms with Gasteiger partial charge in [0, 0.05) is 10.9 Å². The Kier molecular flexibility index (Phi) is 6.11. The number of hydrogen-bond acceptors (Lipinski definition) is 2. The first-order valence-electron chi connectivity index (χ1n) is 10.7. The first-order valence-corrected chi connectivity index (χ1v) is 11.1. The van der Waals surface area contributed by atoms with Crippen LogP contribution in [0, 0.1) is 17.2 Å². The number of benzene rings is 3. The third-order valence-corrected chi connectivity index (χ3v) is 6.07. The molecule has 0 aliphatic heterocycles. The first kappa shape index (κ1) is 21.2. The number of rotatable bonds is 6.